The molecule has 92 valence electrons. The van der Waals surface area contributed by atoms with E-state index < -0.39 is 0 Å². The lowest BCUT2D eigenvalue weighted by molar-refractivity contribution is 0.102. The molecule has 2 aromatic rings. The molecule has 0 aliphatic carbocycles. The maximum absolute atomic E-state index is 11.9. The van der Waals surface area contributed by atoms with Gasteiger partial charge in [-0.2, -0.15) is 0 Å². The highest BCUT2D eigenvalue weighted by Gasteiger charge is 2.09. The standard InChI is InChI=1S/C14H14N2O2/c1-2-10-5-7-11(8-6-10)14(18)16-13-12(17)4-3-9-15-13/h3-9,17H,2H2,1H3,(H,15,16,18). The summed E-state index contributed by atoms with van der Waals surface area (Å²) in [5.74, 6) is -0.162. The van der Waals surface area contributed by atoms with Crippen LogP contribution in [0.3, 0.4) is 0 Å². The van der Waals surface area contributed by atoms with E-state index in [0.717, 1.165) is 6.42 Å². The molecule has 1 heterocycles. The second-order valence-corrected chi connectivity index (χ2v) is 3.88. The molecule has 1 aromatic carbocycles. The first kappa shape index (κ1) is 12.1. The Bertz CT molecular complexity index is 550. The molecule has 0 aliphatic rings. The maximum Gasteiger partial charge on any atom is 0.256 e. The van der Waals surface area contributed by atoms with Crippen LogP contribution >= 0.6 is 0 Å². The first-order valence-corrected chi connectivity index (χ1v) is 5.75. The van der Waals surface area contributed by atoms with Crippen molar-refractivity contribution >= 4 is 11.7 Å². The third-order valence-corrected chi connectivity index (χ3v) is 2.64. The van der Waals surface area contributed by atoms with Gasteiger partial charge in [0.05, 0.1) is 0 Å². The minimum atomic E-state index is -0.286. The molecule has 0 atom stereocenters. The van der Waals surface area contributed by atoms with Gasteiger partial charge in [0.25, 0.3) is 5.91 Å². The third-order valence-electron chi connectivity index (χ3n) is 2.64. The topological polar surface area (TPSA) is 62.2 Å². The molecule has 0 aliphatic heterocycles. The molecular weight excluding hydrogens is 228 g/mol. The molecule has 2 rings (SSSR count). The quantitative estimate of drug-likeness (QED) is 0.869. The zero-order valence-corrected chi connectivity index (χ0v) is 10.1. The Labute approximate surface area is 105 Å². The third kappa shape index (κ3) is 2.66. The number of aryl methyl sites for hydroxylation is 1. The van der Waals surface area contributed by atoms with Crippen LogP contribution in [0.15, 0.2) is 42.6 Å². The van der Waals surface area contributed by atoms with E-state index in [1.165, 1.54) is 17.8 Å². The number of anilines is 1. The Hall–Kier alpha value is -2.36. The highest BCUT2D eigenvalue weighted by Crippen LogP contribution is 2.19. The molecular formula is C14H14N2O2. The van der Waals surface area contributed by atoms with E-state index in [-0.39, 0.29) is 17.5 Å². The molecule has 0 fully saturated rings. The number of benzene rings is 1. The minimum absolute atomic E-state index is 0.0453. The molecule has 0 radical (unpaired) electrons. The SMILES string of the molecule is CCc1ccc(C(=O)Nc2ncccc2O)cc1. The van der Waals surface area contributed by atoms with Crippen molar-refractivity contribution in [3.05, 3.63) is 53.7 Å². The number of nitrogens with one attached hydrogen (secondary N) is 1. The van der Waals surface area contributed by atoms with Gasteiger partial charge in [0, 0.05) is 11.8 Å². The summed E-state index contributed by atoms with van der Waals surface area (Å²) in [7, 11) is 0. The zero-order valence-electron chi connectivity index (χ0n) is 10.1. The molecule has 4 heteroatoms. The van der Waals surface area contributed by atoms with E-state index in [0.29, 0.717) is 5.56 Å². The first-order valence-electron chi connectivity index (χ1n) is 5.75. The number of aromatic nitrogens is 1. The van der Waals surface area contributed by atoms with Crippen LogP contribution in [0.1, 0.15) is 22.8 Å². The summed E-state index contributed by atoms with van der Waals surface area (Å²) in [6, 6.07) is 10.4. The van der Waals surface area contributed by atoms with E-state index in [9.17, 15) is 9.90 Å². The normalized spacial score (nSPS) is 10.1. The van der Waals surface area contributed by atoms with E-state index in [2.05, 4.69) is 17.2 Å². The number of rotatable bonds is 3. The second kappa shape index (κ2) is 5.31. The summed E-state index contributed by atoms with van der Waals surface area (Å²) in [6.07, 6.45) is 2.44. The lowest BCUT2D eigenvalue weighted by atomic mass is 10.1. The Morgan fingerprint density at radius 2 is 2.00 bits per heavy atom. The summed E-state index contributed by atoms with van der Waals surface area (Å²) < 4.78 is 0. The van der Waals surface area contributed by atoms with Crippen LogP contribution < -0.4 is 5.32 Å². The van der Waals surface area contributed by atoms with E-state index in [4.69, 9.17) is 0 Å². The summed E-state index contributed by atoms with van der Waals surface area (Å²) in [6.45, 7) is 2.06. The monoisotopic (exact) mass is 242 g/mol. The molecule has 18 heavy (non-hydrogen) atoms. The lowest BCUT2D eigenvalue weighted by Crippen LogP contribution is -2.12. The molecule has 0 spiro atoms. The zero-order chi connectivity index (χ0) is 13.0. The van der Waals surface area contributed by atoms with Crippen molar-refractivity contribution < 1.29 is 9.90 Å². The highest BCUT2D eigenvalue weighted by atomic mass is 16.3. The Morgan fingerprint density at radius 1 is 1.28 bits per heavy atom. The van der Waals surface area contributed by atoms with Gasteiger partial charge in [-0.3, -0.25) is 4.79 Å². The lowest BCUT2D eigenvalue weighted by Gasteiger charge is -2.06. The number of hydrogen-bond donors (Lipinski definition) is 2. The fourth-order valence-electron chi connectivity index (χ4n) is 1.56. The van der Waals surface area contributed by atoms with Crippen molar-refractivity contribution in [1.82, 2.24) is 4.98 Å². The van der Waals surface area contributed by atoms with Crippen molar-refractivity contribution in [3.8, 4) is 5.75 Å². The minimum Gasteiger partial charge on any atom is -0.504 e. The maximum atomic E-state index is 11.9. The van der Waals surface area contributed by atoms with Gasteiger partial charge in [0.15, 0.2) is 11.6 Å². The van der Waals surface area contributed by atoms with Gasteiger partial charge in [-0.15, -0.1) is 0 Å². The van der Waals surface area contributed by atoms with Crippen LogP contribution in [0, 0.1) is 0 Å². The van der Waals surface area contributed by atoms with Gasteiger partial charge in [-0.25, -0.2) is 4.98 Å². The van der Waals surface area contributed by atoms with Gasteiger partial charge in [-0.05, 0) is 36.2 Å². The fourth-order valence-corrected chi connectivity index (χ4v) is 1.56. The van der Waals surface area contributed by atoms with Crippen molar-refractivity contribution in [3.63, 3.8) is 0 Å². The summed E-state index contributed by atoms with van der Waals surface area (Å²) in [5, 5.41) is 12.1. The van der Waals surface area contributed by atoms with Crippen molar-refractivity contribution in [2.24, 2.45) is 0 Å². The molecule has 4 nitrogen and oxygen atoms in total. The predicted octanol–water partition coefficient (Wildman–Crippen LogP) is 2.60. The first-order chi connectivity index (χ1) is 8.70. The van der Waals surface area contributed by atoms with Crippen molar-refractivity contribution in [2.45, 2.75) is 13.3 Å². The molecule has 1 amide bonds. The highest BCUT2D eigenvalue weighted by molar-refractivity contribution is 6.04. The van der Waals surface area contributed by atoms with Crippen LogP contribution in [0.4, 0.5) is 5.82 Å². The summed E-state index contributed by atoms with van der Waals surface area (Å²) in [4.78, 5) is 15.8. The van der Waals surface area contributed by atoms with Gasteiger partial charge in [0.1, 0.15) is 0 Å². The molecule has 0 bridgehead atoms. The smallest absolute Gasteiger partial charge is 0.256 e. The van der Waals surface area contributed by atoms with Crippen LogP contribution in [-0.2, 0) is 6.42 Å². The van der Waals surface area contributed by atoms with Crippen LogP contribution in [0.2, 0.25) is 0 Å². The molecule has 0 saturated heterocycles. The second-order valence-electron chi connectivity index (χ2n) is 3.88. The fraction of sp³-hybridized carbons (Fsp3) is 0.143. The predicted molar refractivity (Wildman–Crippen MR) is 69.7 cm³/mol. The molecule has 0 saturated carbocycles. The van der Waals surface area contributed by atoms with E-state index >= 15 is 0 Å². The number of amides is 1. The van der Waals surface area contributed by atoms with E-state index in [1.54, 1.807) is 18.2 Å². The van der Waals surface area contributed by atoms with Crippen LogP contribution in [-0.4, -0.2) is 16.0 Å². The molecule has 0 unspecified atom stereocenters. The number of pyridine rings is 1. The molecule has 2 N–H and O–H groups in total. The average molecular weight is 242 g/mol. The number of nitrogens with zero attached hydrogens (tertiary/aromatic N) is 1. The van der Waals surface area contributed by atoms with Gasteiger partial charge in [-0.1, -0.05) is 19.1 Å². The number of aromatic hydroxyl groups is 1. The summed E-state index contributed by atoms with van der Waals surface area (Å²) in [5.41, 5.74) is 1.71. The number of hydrogen-bond acceptors (Lipinski definition) is 3. The number of carbonyl (C=O) groups is 1. The largest absolute Gasteiger partial charge is 0.504 e. The van der Waals surface area contributed by atoms with Crippen molar-refractivity contribution in [2.75, 3.05) is 5.32 Å². The number of carbonyl (C=O) groups excluding carboxylic acids is 1. The Balaban J connectivity index is 2.14. The van der Waals surface area contributed by atoms with Crippen LogP contribution in [0.5, 0.6) is 5.75 Å². The Kier molecular flexibility index (Phi) is 3.57. The van der Waals surface area contributed by atoms with Gasteiger partial charge >= 0.3 is 0 Å². The van der Waals surface area contributed by atoms with Crippen LogP contribution in [0.25, 0.3) is 0 Å². The van der Waals surface area contributed by atoms with Gasteiger partial charge < -0.3 is 10.4 Å². The van der Waals surface area contributed by atoms with E-state index in [1.807, 2.05) is 12.1 Å². The molecule has 1 aromatic heterocycles. The average Bonchev–Trinajstić information content (AvgIpc) is 2.41. The Morgan fingerprint density at radius 3 is 2.61 bits per heavy atom. The summed E-state index contributed by atoms with van der Waals surface area (Å²) >= 11 is 0. The van der Waals surface area contributed by atoms with Crippen molar-refractivity contribution in [1.29, 1.82) is 0 Å². The van der Waals surface area contributed by atoms with Gasteiger partial charge in [0.2, 0.25) is 0 Å².